The van der Waals surface area contributed by atoms with Gasteiger partial charge in [-0.3, -0.25) is 4.99 Å². The van der Waals surface area contributed by atoms with Gasteiger partial charge in [0.1, 0.15) is 11.6 Å². The Morgan fingerprint density at radius 3 is 2.70 bits per heavy atom. The van der Waals surface area contributed by atoms with E-state index < -0.39 is 11.6 Å². The molecule has 0 spiro atoms. The van der Waals surface area contributed by atoms with E-state index in [1.165, 1.54) is 6.07 Å². The van der Waals surface area contributed by atoms with Gasteiger partial charge >= 0.3 is 0 Å². The molecule has 0 fully saturated rings. The van der Waals surface area contributed by atoms with Gasteiger partial charge in [-0.05, 0) is 31.8 Å². The van der Waals surface area contributed by atoms with Crippen molar-refractivity contribution in [1.82, 2.24) is 15.5 Å². The van der Waals surface area contributed by atoms with Crippen molar-refractivity contribution in [3.05, 3.63) is 35.4 Å². The largest absolute Gasteiger partial charge is 0.355 e. The van der Waals surface area contributed by atoms with Crippen molar-refractivity contribution >= 4 is 5.96 Å². The van der Waals surface area contributed by atoms with Gasteiger partial charge in [0, 0.05) is 32.2 Å². The number of rotatable bonds is 6. The number of aliphatic imine (C=N–C) groups is 1. The van der Waals surface area contributed by atoms with E-state index in [1.54, 1.807) is 7.05 Å². The topological polar surface area (TPSA) is 39.7 Å². The third-order valence-electron chi connectivity index (χ3n) is 3.00. The van der Waals surface area contributed by atoms with Gasteiger partial charge < -0.3 is 15.5 Å². The van der Waals surface area contributed by atoms with Crippen LogP contribution < -0.4 is 10.6 Å². The Balaban J connectivity index is 2.43. The van der Waals surface area contributed by atoms with E-state index in [2.05, 4.69) is 27.4 Å². The first kappa shape index (κ1) is 16.4. The molecule has 0 unspecified atom stereocenters. The summed E-state index contributed by atoms with van der Waals surface area (Å²) in [6, 6.07) is 3.41. The molecule has 0 saturated heterocycles. The van der Waals surface area contributed by atoms with Crippen molar-refractivity contribution in [2.24, 2.45) is 4.99 Å². The summed E-state index contributed by atoms with van der Waals surface area (Å²) in [6.45, 7) is 4.86. The average Bonchev–Trinajstić information content (AvgIpc) is 2.45. The summed E-state index contributed by atoms with van der Waals surface area (Å²) < 4.78 is 26.5. The van der Waals surface area contributed by atoms with Crippen LogP contribution in [0.25, 0.3) is 0 Å². The van der Waals surface area contributed by atoms with E-state index >= 15 is 0 Å². The van der Waals surface area contributed by atoms with E-state index in [1.807, 2.05) is 7.05 Å². The summed E-state index contributed by atoms with van der Waals surface area (Å²) in [5.74, 6) is -0.311. The second-order valence-electron chi connectivity index (χ2n) is 4.48. The number of likely N-dealkylation sites (N-methyl/N-ethyl adjacent to an activating group) is 1. The predicted octanol–water partition coefficient (Wildman–Crippen LogP) is 1.58. The van der Waals surface area contributed by atoms with Crippen molar-refractivity contribution < 1.29 is 8.78 Å². The van der Waals surface area contributed by atoms with Gasteiger partial charge in [0.15, 0.2) is 5.96 Å². The lowest BCUT2D eigenvalue weighted by Crippen LogP contribution is -2.40. The standard InChI is InChI=1S/C14H22F2N4/c1-4-20(3)8-7-18-14(17-2)19-10-11-9-12(15)5-6-13(11)16/h5-6,9H,4,7-8,10H2,1-3H3,(H2,17,18,19). The van der Waals surface area contributed by atoms with Crippen molar-refractivity contribution in [3.63, 3.8) is 0 Å². The van der Waals surface area contributed by atoms with Crippen LogP contribution in [0.15, 0.2) is 23.2 Å². The molecule has 1 aromatic rings. The summed E-state index contributed by atoms with van der Waals surface area (Å²) in [5, 5.41) is 6.08. The van der Waals surface area contributed by atoms with Crippen LogP contribution in [0.3, 0.4) is 0 Å². The van der Waals surface area contributed by atoms with Crippen LogP contribution in [0.1, 0.15) is 12.5 Å². The minimum absolute atomic E-state index is 0.187. The molecule has 4 nitrogen and oxygen atoms in total. The van der Waals surface area contributed by atoms with Crippen molar-refractivity contribution in [2.45, 2.75) is 13.5 Å². The highest BCUT2D eigenvalue weighted by molar-refractivity contribution is 5.79. The molecule has 0 aromatic heterocycles. The molecule has 0 bridgehead atoms. The average molecular weight is 284 g/mol. The summed E-state index contributed by atoms with van der Waals surface area (Å²) in [4.78, 5) is 6.20. The molecule has 0 aliphatic heterocycles. The highest BCUT2D eigenvalue weighted by atomic mass is 19.1. The van der Waals surface area contributed by atoms with Crippen LogP contribution in [0, 0.1) is 11.6 Å². The zero-order valence-electron chi connectivity index (χ0n) is 12.2. The van der Waals surface area contributed by atoms with Crippen LogP contribution in [0.5, 0.6) is 0 Å². The lowest BCUT2D eigenvalue weighted by molar-refractivity contribution is 0.357. The number of hydrogen-bond donors (Lipinski definition) is 2. The zero-order chi connectivity index (χ0) is 15.0. The molecule has 0 heterocycles. The van der Waals surface area contributed by atoms with Crippen LogP contribution in [0.4, 0.5) is 8.78 Å². The first-order valence-electron chi connectivity index (χ1n) is 6.63. The molecule has 6 heteroatoms. The third-order valence-corrected chi connectivity index (χ3v) is 3.00. The van der Waals surface area contributed by atoms with Gasteiger partial charge in [0.05, 0.1) is 0 Å². The van der Waals surface area contributed by atoms with E-state index in [0.29, 0.717) is 5.96 Å². The van der Waals surface area contributed by atoms with Crippen LogP contribution in [0.2, 0.25) is 0 Å². The lowest BCUT2D eigenvalue weighted by Gasteiger charge is -2.16. The Morgan fingerprint density at radius 1 is 1.30 bits per heavy atom. The lowest BCUT2D eigenvalue weighted by atomic mass is 10.2. The fourth-order valence-corrected chi connectivity index (χ4v) is 1.60. The summed E-state index contributed by atoms with van der Waals surface area (Å²) >= 11 is 0. The Kier molecular flexibility index (Phi) is 6.93. The number of halogens is 2. The van der Waals surface area contributed by atoms with Crippen molar-refractivity contribution in [1.29, 1.82) is 0 Å². The maximum Gasteiger partial charge on any atom is 0.191 e. The highest BCUT2D eigenvalue weighted by Gasteiger charge is 2.05. The molecular formula is C14H22F2N4. The fraction of sp³-hybridized carbons (Fsp3) is 0.500. The molecule has 112 valence electrons. The number of benzene rings is 1. The van der Waals surface area contributed by atoms with Crippen molar-refractivity contribution in [2.75, 3.05) is 33.7 Å². The van der Waals surface area contributed by atoms with Gasteiger partial charge in [0.2, 0.25) is 0 Å². The molecular weight excluding hydrogens is 262 g/mol. The van der Waals surface area contributed by atoms with Crippen LogP contribution in [-0.4, -0.2) is 44.6 Å². The predicted molar refractivity (Wildman–Crippen MR) is 77.7 cm³/mol. The minimum Gasteiger partial charge on any atom is -0.355 e. The normalized spacial score (nSPS) is 11.8. The van der Waals surface area contributed by atoms with Gasteiger partial charge in [-0.1, -0.05) is 6.92 Å². The molecule has 0 amide bonds. The number of hydrogen-bond acceptors (Lipinski definition) is 2. The quantitative estimate of drug-likeness (QED) is 0.615. The zero-order valence-corrected chi connectivity index (χ0v) is 12.2. The smallest absolute Gasteiger partial charge is 0.191 e. The van der Waals surface area contributed by atoms with Crippen LogP contribution in [-0.2, 0) is 6.54 Å². The first-order valence-corrected chi connectivity index (χ1v) is 6.63. The molecule has 0 aliphatic rings. The first-order chi connectivity index (χ1) is 9.56. The summed E-state index contributed by atoms with van der Waals surface area (Å²) in [6.07, 6.45) is 0. The molecule has 0 aliphatic carbocycles. The second kappa shape index (κ2) is 8.47. The Bertz CT molecular complexity index is 449. The minimum atomic E-state index is -0.448. The van der Waals surface area contributed by atoms with E-state index in [4.69, 9.17) is 0 Å². The molecule has 1 aromatic carbocycles. The van der Waals surface area contributed by atoms with E-state index in [0.717, 1.165) is 31.8 Å². The van der Waals surface area contributed by atoms with Gasteiger partial charge in [-0.25, -0.2) is 8.78 Å². The molecule has 1 rings (SSSR count). The van der Waals surface area contributed by atoms with Gasteiger partial charge in [0.25, 0.3) is 0 Å². The number of guanidine groups is 1. The molecule has 0 atom stereocenters. The van der Waals surface area contributed by atoms with Gasteiger partial charge in [-0.2, -0.15) is 0 Å². The molecule has 0 saturated carbocycles. The summed E-state index contributed by atoms with van der Waals surface area (Å²) in [5.41, 5.74) is 0.277. The monoisotopic (exact) mass is 284 g/mol. The highest BCUT2D eigenvalue weighted by Crippen LogP contribution is 2.08. The summed E-state index contributed by atoms with van der Waals surface area (Å²) in [7, 11) is 3.67. The Morgan fingerprint density at radius 2 is 2.05 bits per heavy atom. The number of nitrogens with zero attached hydrogens (tertiary/aromatic N) is 2. The molecule has 20 heavy (non-hydrogen) atoms. The maximum absolute atomic E-state index is 13.5. The van der Waals surface area contributed by atoms with Crippen LogP contribution >= 0.6 is 0 Å². The Labute approximate surface area is 118 Å². The number of nitrogens with one attached hydrogen (secondary N) is 2. The SMILES string of the molecule is CCN(C)CCNC(=NC)NCc1cc(F)ccc1F. The van der Waals surface area contributed by atoms with Gasteiger partial charge in [-0.15, -0.1) is 0 Å². The molecule has 0 radical (unpaired) electrons. The Hall–Kier alpha value is -1.69. The van der Waals surface area contributed by atoms with E-state index in [-0.39, 0.29) is 12.1 Å². The fourth-order valence-electron chi connectivity index (χ4n) is 1.60. The maximum atomic E-state index is 13.5. The van der Waals surface area contributed by atoms with Crippen molar-refractivity contribution in [3.8, 4) is 0 Å². The van der Waals surface area contributed by atoms with E-state index in [9.17, 15) is 8.78 Å². The third kappa shape index (κ3) is 5.52. The molecule has 2 N–H and O–H groups in total. The second-order valence-corrected chi connectivity index (χ2v) is 4.48.